The summed E-state index contributed by atoms with van der Waals surface area (Å²) >= 11 is 11.0. The number of esters is 1. The van der Waals surface area contributed by atoms with Crippen molar-refractivity contribution in [2.75, 3.05) is 39.6 Å². The summed E-state index contributed by atoms with van der Waals surface area (Å²) in [5.41, 5.74) is 0. The molecule has 0 amide bonds. The second-order valence-electron chi connectivity index (χ2n) is 2.97. The fourth-order valence-electron chi connectivity index (χ4n) is 0.707. The summed E-state index contributed by atoms with van der Waals surface area (Å²) < 4.78 is 13.2. The molecule has 0 aromatic heterocycles. The zero-order chi connectivity index (χ0) is 12.4. The van der Waals surface area contributed by atoms with Gasteiger partial charge in [0.05, 0.1) is 33.0 Å². The van der Waals surface area contributed by atoms with E-state index in [2.05, 4.69) is 0 Å². The molecule has 0 aromatic carbocycles. The first kappa shape index (κ1) is 15.9. The summed E-state index contributed by atoms with van der Waals surface area (Å²) in [5, 5.41) is 8.40. The number of rotatable bonds is 9. The highest BCUT2D eigenvalue weighted by Crippen LogP contribution is 2.20. The smallest absolute Gasteiger partial charge is 0.342 e. The third-order valence-corrected chi connectivity index (χ3v) is 1.74. The predicted molar refractivity (Wildman–Crippen MR) is 59.8 cm³/mol. The average molecular weight is 275 g/mol. The van der Waals surface area contributed by atoms with Gasteiger partial charge >= 0.3 is 5.97 Å². The van der Waals surface area contributed by atoms with Crippen molar-refractivity contribution in [3.8, 4) is 0 Å². The van der Waals surface area contributed by atoms with Crippen molar-refractivity contribution in [3.05, 3.63) is 0 Å². The first-order valence-corrected chi connectivity index (χ1v) is 5.55. The Balaban J connectivity index is 3.25. The minimum atomic E-state index is -1.52. The molecule has 0 aliphatic heterocycles. The quantitative estimate of drug-likeness (QED) is 0.382. The molecule has 0 spiro atoms. The van der Waals surface area contributed by atoms with E-state index in [0.29, 0.717) is 13.2 Å². The summed E-state index contributed by atoms with van der Waals surface area (Å²) in [7, 11) is 0. The Kier molecular flexibility index (Phi) is 8.97. The van der Waals surface area contributed by atoms with Crippen LogP contribution in [-0.4, -0.2) is 55.1 Å². The molecule has 0 aromatic rings. The molecule has 16 heavy (non-hydrogen) atoms. The molecule has 0 saturated carbocycles. The lowest BCUT2D eigenvalue weighted by Crippen LogP contribution is -2.26. The maximum atomic E-state index is 11.0. The third kappa shape index (κ3) is 9.18. The van der Waals surface area contributed by atoms with Crippen LogP contribution in [0.4, 0.5) is 0 Å². The molecule has 7 heteroatoms. The number of hydrogen-bond acceptors (Lipinski definition) is 5. The second kappa shape index (κ2) is 9.01. The number of aliphatic hydroxyl groups excluding tert-OH is 1. The molecule has 0 fully saturated rings. The number of carbonyl (C=O) groups excluding carboxylic acids is 1. The van der Waals surface area contributed by atoms with E-state index in [9.17, 15) is 4.79 Å². The molecular weight excluding hydrogens is 259 g/mol. The van der Waals surface area contributed by atoms with E-state index in [-0.39, 0.29) is 26.4 Å². The van der Waals surface area contributed by atoms with Gasteiger partial charge in [-0.25, -0.2) is 4.79 Å². The Hall–Kier alpha value is -0.0700. The Bertz CT molecular complexity index is 193. The summed E-state index contributed by atoms with van der Waals surface area (Å²) in [4.78, 5) is 11.0. The van der Waals surface area contributed by atoms with Gasteiger partial charge in [0.15, 0.2) is 0 Å². The lowest BCUT2D eigenvalue weighted by atomic mass is 10.5. The van der Waals surface area contributed by atoms with Crippen molar-refractivity contribution < 1.29 is 24.1 Å². The standard InChI is InChI=1S/C9H16Cl2O5/c1-9(10,11)8(13)16-7-6-15-5-4-14-3-2-12/h12H,2-7H2,1H3. The van der Waals surface area contributed by atoms with Gasteiger partial charge in [0, 0.05) is 0 Å². The van der Waals surface area contributed by atoms with Crippen molar-refractivity contribution in [2.45, 2.75) is 11.3 Å². The fourth-order valence-corrected chi connectivity index (χ4v) is 0.816. The van der Waals surface area contributed by atoms with Crippen LogP contribution in [-0.2, 0) is 19.0 Å². The normalized spacial score (nSPS) is 11.5. The van der Waals surface area contributed by atoms with E-state index in [0.717, 1.165) is 0 Å². The molecular formula is C9H16Cl2O5. The summed E-state index contributed by atoms with van der Waals surface area (Å²) in [6.07, 6.45) is 0. The molecule has 0 radical (unpaired) electrons. The van der Waals surface area contributed by atoms with Gasteiger partial charge in [0.25, 0.3) is 0 Å². The van der Waals surface area contributed by atoms with Crippen LogP contribution in [0.5, 0.6) is 0 Å². The van der Waals surface area contributed by atoms with Crippen molar-refractivity contribution in [3.63, 3.8) is 0 Å². The van der Waals surface area contributed by atoms with Crippen LogP contribution in [0.1, 0.15) is 6.92 Å². The van der Waals surface area contributed by atoms with Gasteiger partial charge in [0.2, 0.25) is 4.33 Å². The van der Waals surface area contributed by atoms with Gasteiger partial charge in [-0.05, 0) is 6.92 Å². The molecule has 0 aliphatic carbocycles. The maximum Gasteiger partial charge on any atom is 0.342 e. The molecule has 0 atom stereocenters. The summed E-state index contributed by atoms with van der Waals surface area (Å²) in [6.45, 7) is 2.71. The number of alkyl halides is 2. The first-order chi connectivity index (χ1) is 7.48. The van der Waals surface area contributed by atoms with E-state index >= 15 is 0 Å². The van der Waals surface area contributed by atoms with Crippen molar-refractivity contribution in [1.82, 2.24) is 0 Å². The van der Waals surface area contributed by atoms with Gasteiger partial charge in [-0.1, -0.05) is 23.2 Å². The summed E-state index contributed by atoms with van der Waals surface area (Å²) in [6, 6.07) is 0. The van der Waals surface area contributed by atoms with E-state index in [1.54, 1.807) is 0 Å². The largest absolute Gasteiger partial charge is 0.461 e. The van der Waals surface area contributed by atoms with Crippen LogP contribution >= 0.6 is 23.2 Å². The topological polar surface area (TPSA) is 65.0 Å². The third-order valence-electron chi connectivity index (χ3n) is 1.43. The van der Waals surface area contributed by atoms with Crippen molar-refractivity contribution in [2.24, 2.45) is 0 Å². The Morgan fingerprint density at radius 2 is 1.62 bits per heavy atom. The van der Waals surface area contributed by atoms with Crippen molar-refractivity contribution in [1.29, 1.82) is 0 Å². The van der Waals surface area contributed by atoms with Gasteiger partial charge in [-0.15, -0.1) is 0 Å². The first-order valence-electron chi connectivity index (χ1n) is 4.80. The van der Waals surface area contributed by atoms with Crippen molar-refractivity contribution >= 4 is 29.2 Å². The second-order valence-corrected chi connectivity index (χ2v) is 4.68. The monoisotopic (exact) mass is 274 g/mol. The highest BCUT2D eigenvalue weighted by atomic mass is 35.5. The number of hydrogen-bond donors (Lipinski definition) is 1. The van der Waals surface area contributed by atoms with E-state index in [4.69, 9.17) is 42.5 Å². The van der Waals surface area contributed by atoms with E-state index in [1.807, 2.05) is 0 Å². The van der Waals surface area contributed by atoms with Gasteiger partial charge in [-0.2, -0.15) is 0 Å². The number of carbonyl (C=O) groups is 1. The van der Waals surface area contributed by atoms with Gasteiger partial charge in [0.1, 0.15) is 6.61 Å². The molecule has 5 nitrogen and oxygen atoms in total. The minimum absolute atomic E-state index is 0.0123. The lowest BCUT2D eigenvalue weighted by Gasteiger charge is -2.12. The number of halogens is 2. The predicted octanol–water partition coefficient (Wildman–Crippen LogP) is 0.749. The molecule has 0 bridgehead atoms. The van der Waals surface area contributed by atoms with E-state index in [1.165, 1.54) is 6.92 Å². The van der Waals surface area contributed by atoms with Crippen LogP contribution in [0.3, 0.4) is 0 Å². The molecule has 0 unspecified atom stereocenters. The van der Waals surface area contributed by atoms with E-state index < -0.39 is 10.3 Å². The minimum Gasteiger partial charge on any atom is -0.461 e. The Morgan fingerprint density at radius 3 is 2.12 bits per heavy atom. The Labute approximate surface area is 105 Å². The zero-order valence-electron chi connectivity index (χ0n) is 9.08. The molecule has 0 heterocycles. The van der Waals surface area contributed by atoms with Crippen LogP contribution in [0.2, 0.25) is 0 Å². The van der Waals surface area contributed by atoms with Crippen LogP contribution in [0.15, 0.2) is 0 Å². The Morgan fingerprint density at radius 1 is 1.12 bits per heavy atom. The highest BCUT2D eigenvalue weighted by Gasteiger charge is 2.28. The molecule has 0 rings (SSSR count). The van der Waals surface area contributed by atoms with Gasteiger partial charge < -0.3 is 19.3 Å². The molecule has 96 valence electrons. The molecule has 0 saturated heterocycles. The van der Waals surface area contributed by atoms with Crippen LogP contribution in [0.25, 0.3) is 0 Å². The fraction of sp³-hybridized carbons (Fsp3) is 0.889. The molecule has 1 N–H and O–H groups in total. The van der Waals surface area contributed by atoms with Crippen LogP contribution < -0.4 is 0 Å². The number of aliphatic hydroxyl groups is 1. The highest BCUT2D eigenvalue weighted by molar-refractivity contribution is 6.57. The zero-order valence-corrected chi connectivity index (χ0v) is 10.6. The SMILES string of the molecule is CC(Cl)(Cl)C(=O)OCCOCCOCCO. The average Bonchev–Trinajstić information content (AvgIpc) is 2.20. The van der Waals surface area contributed by atoms with Gasteiger partial charge in [-0.3, -0.25) is 0 Å². The maximum absolute atomic E-state index is 11.0. The summed E-state index contributed by atoms with van der Waals surface area (Å²) in [5.74, 6) is -0.698. The number of ether oxygens (including phenoxy) is 3. The lowest BCUT2D eigenvalue weighted by molar-refractivity contribution is -0.145. The molecule has 0 aliphatic rings. The van der Waals surface area contributed by atoms with Crippen LogP contribution in [0, 0.1) is 0 Å².